The highest BCUT2D eigenvalue weighted by molar-refractivity contribution is 5.87. The molecule has 86 valence electrons. The van der Waals surface area contributed by atoms with Gasteiger partial charge in [0.2, 0.25) is 11.8 Å². The zero-order valence-corrected chi connectivity index (χ0v) is 8.40. The number of nitrogens with one attached hydrogen (secondary N) is 1. The first-order valence-corrected chi connectivity index (χ1v) is 4.41. The average molecular weight is 217 g/mol. The highest BCUT2D eigenvalue weighted by Gasteiger charge is 2.19. The third kappa shape index (κ3) is 5.63. The molecule has 15 heavy (non-hydrogen) atoms. The van der Waals surface area contributed by atoms with Crippen LogP contribution in [0.25, 0.3) is 0 Å². The summed E-state index contributed by atoms with van der Waals surface area (Å²) in [4.78, 5) is 32.0. The van der Waals surface area contributed by atoms with Crippen LogP contribution in [0.1, 0.15) is 19.8 Å². The van der Waals surface area contributed by atoms with Crippen molar-refractivity contribution in [3.8, 4) is 0 Å². The first kappa shape index (κ1) is 13.4. The summed E-state index contributed by atoms with van der Waals surface area (Å²) >= 11 is 0. The van der Waals surface area contributed by atoms with Crippen LogP contribution in [0.3, 0.4) is 0 Å². The molecule has 0 aromatic rings. The first-order valence-electron chi connectivity index (χ1n) is 4.41. The largest absolute Gasteiger partial charge is 0.480 e. The summed E-state index contributed by atoms with van der Waals surface area (Å²) in [6.07, 6.45) is 0.101. The molecule has 0 aliphatic heterocycles. The van der Waals surface area contributed by atoms with Gasteiger partial charge in [0.25, 0.3) is 0 Å². The van der Waals surface area contributed by atoms with Gasteiger partial charge in [-0.3, -0.25) is 14.4 Å². The van der Waals surface area contributed by atoms with Gasteiger partial charge in [-0.25, -0.2) is 0 Å². The minimum Gasteiger partial charge on any atom is -0.480 e. The van der Waals surface area contributed by atoms with Crippen molar-refractivity contribution >= 4 is 17.8 Å². The van der Waals surface area contributed by atoms with Crippen molar-refractivity contribution in [3.63, 3.8) is 0 Å². The zero-order valence-electron chi connectivity index (χ0n) is 8.40. The zero-order chi connectivity index (χ0) is 12.0. The van der Waals surface area contributed by atoms with Crippen molar-refractivity contribution < 1.29 is 19.5 Å². The second kappa shape index (κ2) is 5.97. The predicted molar refractivity (Wildman–Crippen MR) is 51.6 cm³/mol. The highest BCUT2D eigenvalue weighted by atomic mass is 16.4. The molecule has 7 heteroatoms. The van der Waals surface area contributed by atoms with Crippen LogP contribution >= 0.6 is 0 Å². The quantitative estimate of drug-likeness (QED) is 0.415. The Balaban J connectivity index is 3.99. The molecule has 0 bridgehead atoms. The minimum atomic E-state index is -1.15. The summed E-state index contributed by atoms with van der Waals surface area (Å²) in [5.74, 6) is -2.30. The molecule has 2 atom stereocenters. The molecule has 0 rings (SSSR count). The molecule has 6 N–H and O–H groups in total. The summed E-state index contributed by atoms with van der Waals surface area (Å²) in [5.41, 5.74) is 10.3. The van der Waals surface area contributed by atoms with E-state index in [-0.39, 0.29) is 12.8 Å². The van der Waals surface area contributed by atoms with E-state index in [1.54, 1.807) is 0 Å². The van der Waals surface area contributed by atoms with Gasteiger partial charge in [-0.15, -0.1) is 0 Å². The van der Waals surface area contributed by atoms with Crippen LogP contribution in [0.4, 0.5) is 0 Å². The maximum atomic E-state index is 11.2. The normalized spacial score (nSPS) is 14.0. The van der Waals surface area contributed by atoms with E-state index in [2.05, 4.69) is 5.32 Å². The van der Waals surface area contributed by atoms with Crippen LogP contribution in [0.2, 0.25) is 0 Å². The fraction of sp³-hybridized carbons (Fsp3) is 0.625. The van der Waals surface area contributed by atoms with Crippen LogP contribution in [-0.2, 0) is 14.4 Å². The van der Waals surface area contributed by atoms with Crippen LogP contribution in [0.15, 0.2) is 0 Å². The Morgan fingerprint density at radius 2 is 1.93 bits per heavy atom. The van der Waals surface area contributed by atoms with E-state index in [0.29, 0.717) is 0 Å². The van der Waals surface area contributed by atoms with Gasteiger partial charge in [-0.1, -0.05) is 0 Å². The number of carboxylic acid groups (broad SMARTS) is 1. The fourth-order valence-electron chi connectivity index (χ4n) is 0.811. The molecule has 0 saturated carbocycles. The monoisotopic (exact) mass is 217 g/mol. The van der Waals surface area contributed by atoms with Crippen LogP contribution in [-0.4, -0.2) is 35.0 Å². The molecule has 0 aliphatic rings. The maximum absolute atomic E-state index is 11.2. The number of amides is 2. The number of carbonyl (C=O) groups excluding carboxylic acids is 2. The molecule has 0 aromatic heterocycles. The van der Waals surface area contributed by atoms with Gasteiger partial charge in [0.1, 0.15) is 6.04 Å². The number of carbonyl (C=O) groups is 3. The smallest absolute Gasteiger partial charge is 0.325 e. The first-order chi connectivity index (χ1) is 6.84. The van der Waals surface area contributed by atoms with E-state index < -0.39 is 29.9 Å². The van der Waals surface area contributed by atoms with E-state index in [0.717, 1.165) is 0 Å². The van der Waals surface area contributed by atoms with Crippen LogP contribution in [0.5, 0.6) is 0 Å². The molecule has 0 aliphatic carbocycles. The molecule has 0 unspecified atom stereocenters. The number of aliphatic carboxylic acids is 1. The van der Waals surface area contributed by atoms with E-state index in [4.69, 9.17) is 16.6 Å². The highest BCUT2D eigenvalue weighted by Crippen LogP contribution is 1.94. The lowest BCUT2D eigenvalue weighted by molar-refractivity contribution is -0.141. The van der Waals surface area contributed by atoms with Gasteiger partial charge in [-0.2, -0.15) is 0 Å². The van der Waals surface area contributed by atoms with E-state index >= 15 is 0 Å². The second-order valence-electron chi connectivity index (χ2n) is 3.18. The molecule has 2 amide bonds. The lowest BCUT2D eigenvalue weighted by atomic mass is 10.1. The Kier molecular flexibility index (Phi) is 5.32. The van der Waals surface area contributed by atoms with Crippen molar-refractivity contribution in [3.05, 3.63) is 0 Å². The van der Waals surface area contributed by atoms with Crippen LogP contribution in [0, 0.1) is 0 Å². The molecule has 0 spiro atoms. The number of hydrogen-bond donors (Lipinski definition) is 4. The minimum absolute atomic E-state index is 0.00393. The van der Waals surface area contributed by atoms with Crippen LogP contribution < -0.4 is 16.8 Å². The van der Waals surface area contributed by atoms with E-state index in [1.807, 2.05) is 0 Å². The van der Waals surface area contributed by atoms with Crippen molar-refractivity contribution in [2.75, 3.05) is 0 Å². The number of rotatable bonds is 6. The van der Waals surface area contributed by atoms with Crippen molar-refractivity contribution in [2.24, 2.45) is 11.5 Å². The SMILES string of the molecule is C[C@H](NC(=O)[C@@H](N)CCC(N)=O)C(=O)O. The summed E-state index contributed by atoms with van der Waals surface area (Å²) in [5, 5.41) is 10.7. The summed E-state index contributed by atoms with van der Waals surface area (Å²) in [7, 11) is 0. The third-order valence-electron chi connectivity index (χ3n) is 1.77. The van der Waals surface area contributed by atoms with Gasteiger partial charge in [0.15, 0.2) is 0 Å². The van der Waals surface area contributed by atoms with Crippen molar-refractivity contribution in [2.45, 2.75) is 31.8 Å². The fourth-order valence-corrected chi connectivity index (χ4v) is 0.811. The van der Waals surface area contributed by atoms with Gasteiger partial charge in [0, 0.05) is 6.42 Å². The molecule has 0 heterocycles. The molecular formula is C8H15N3O4. The van der Waals surface area contributed by atoms with E-state index in [1.165, 1.54) is 6.92 Å². The molecule has 0 fully saturated rings. The lowest BCUT2D eigenvalue weighted by Gasteiger charge is -2.13. The molecule has 7 nitrogen and oxygen atoms in total. The summed E-state index contributed by atoms with van der Waals surface area (Å²) < 4.78 is 0. The molecular weight excluding hydrogens is 202 g/mol. The van der Waals surface area contributed by atoms with Gasteiger partial charge in [0.05, 0.1) is 6.04 Å². The Hall–Kier alpha value is -1.63. The Morgan fingerprint density at radius 1 is 1.40 bits per heavy atom. The third-order valence-corrected chi connectivity index (χ3v) is 1.77. The standard InChI is InChI=1S/C8H15N3O4/c1-4(8(14)15)11-7(13)5(9)2-3-6(10)12/h4-5H,2-3,9H2,1H3,(H2,10,12)(H,11,13)(H,14,15)/t4-,5-/m0/s1. The average Bonchev–Trinajstić information content (AvgIpc) is 2.13. The molecule has 0 aromatic carbocycles. The molecule has 0 radical (unpaired) electrons. The lowest BCUT2D eigenvalue weighted by Crippen LogP contribution is -2.47. The topological polar surface area (TPSA) is 136 Å². The van der Waals surface area contributed by atoms with E-state index in [9.17, 15) is 14.4 Å². The molecule has 0 saturated heterocycles. The Bertz CT molecular complexity index is 267. The Morgan fingerprint density at radius 3 is 2.33 bits per heavy atom. The van der Waals surface area contributed by atoms with Crippen molar-refractivity contribution in [1.29, 1.82) is 0 Å². The second-order valence-corrected chi connectivity index (χ2v) is 3.18. The number of hydrogen-bond acceptors (Lipinski definition) is 4. The summed E-state index contributed by atoms with van der Waals surface area (Å²) in [6.45, 7) is 1.32. The summed E-state index contributed by atoms with van der Waals surface area (Å²) in [6, 6.07) is -1.92. The number of carboxylic acids is 1. The van der Waals surface area contributed by atoms with Gasteiger partial charge >= 0.3 is 5.97 Å². The number of nitrogens with two attached hydrogens (primary N) is 2. The van der Waals surface area contributed by atoms with Crippen molar-refractivity contribution in [1.82, 2.24) is 5.32 Å². The predicted octanol–water partition coefficient (Wildman–Crippen LogP) is -1.83. The van der Waals surface area contributed by atoms with Gasteiger partial charge in [-0.05, 0) is 13.3 Å². The Labute approximate surface area is 86.8 Å². The maximum Gasteiger partial charge on any atom is 0.325 e. The van der Waals surface area contributed by atoms with Gasteiger partial charge < -0.3 is 21.9 Å². The number of primary amides is 1.